The second-order valence-corrected chi connectivity index (χ2v) is 3.59. The molecule has 0 saturated heterocycles. The molecule has 0 aliphatic carbocycles. The molecule has 15 heavy (non-hydrogen) atoms. The van der Waals surface area contributed by atoms with Gasteiger partial charge in [-0.3, -0.25) is 9.78 Å². The molecule has 0 aromatic carbocycles. The molecule has 1 aromatic heterocycles. The van der Waals surface area contributed by atoms with Crippen LogP contribution in [-0.4, -0.2) is 25.0 Å². The number of aromatic nitrogens is 1. The van der Waals surface area contributed by atoms with Crippen molar-refractivity contribution in [3.05, 3.63) is 18.5 Å². The first-order valence-electron chi connectivity index (χ1n) is 5.06. The summed E-state index contributed by atoms with van der Waals surface area (Å²) in [5.41, 5.74) is 1.73. The van der Waals surface area contributed by atoms with Crippen molar-refractivity contribution in [2.45, 2.75) is 19.8 Å². The van der Waals surface area contributed by atoms with E-state index in [1.54, 1.807) is 12.4 Å². The number of rotatable bonds is 4. The van der Waals surface area contributed by atoms with E-state index < -0.39 is 0 Å². The Balaban J connectivity index is 2.80. The highest BCUT2D eigenvalue weighted by molar-refractivity contribution is 5.93. The van der Waals surface area contributed by atoms with E-state index in [0.717, 1.165) is 17.8 Å². The third-order valence-electron chi connectivity index (χ3n) is 2.03. The summed E-state index contributed by atoms with van der Waals surface area (Å²) in [7, 11) is 3.87. The Bertz CT molecular complexity index is 336. The quantitative estimate of drug-likeness (QED) is 0.820. The van der Waals surface area contributed by atoms with Gasteiger partial charge in [0.05, 0.1) is 17.6 Å². The lowest BCUT2D eigenvalue weighted by atomic mass is 10.3. The Morgan fingerprint density at radius 2 is 2.27 bits per heavy atom. The van der Waals surface area contributed by atoms with Crippen LogP contribution >= 0.6 is 0 Å². The number of pyridine rings is 1. The van der Waals surface area contributed by atoms with Gasteiger partial charge < -0.3 is 10.2 Å². The molecule has 0 saturated carbocycles. The molecule has 1 rings (SSSR count). The van der Waals surface area contributed by atoms with Crippen LogP contribution in [-0.2, 0) is 4.79 Å². The normalized spacial score (nSPS) is 9.80. The summed E-state index contributed by atoms with van der Waals surface area (Å²) < 4.78 is 0. The third-order valence-corrected chi connectivity index (χ3v) is 2.03. The molecule has 4 nitrogen and oxygen atoms in total. The maximum atomic E-state index is 11.4. The van der Waals surface area contributed by atoms with E-state index in [9.17, 15) is 4.79 Å². The molecule has 0 bridgehead atoms. The Kier molecular flexibility index (Phi) is 4.09. The highest BCUT2D eigenvalue weighted by Crippen LogP contribution is 2.22. The summed E-state index contributed by atoms with van der Waals surface area (Å²) in [4.78, 5) is 17.4. The summed E-state index contributed by atoms with van der Waals surface area (Å²) >= 11 is 0. The van der Waals surface area contributed by atoms with Crippen molar-refractivity contribution in [1.29, 1.82) is 0 Å². The van der Waals surface area contributed by atoms with Gasteiger partial charge in [-0.05, 0) is 12.5 Å². The van der Waals surface area contributed by atoms with Gasteiger partial charge >= 0.3 is 0 Å². The zero-order valence-electron chi connectivity index (χ0n) is 9.45. The van der Waals surface area contributed by atoms with Crippen LogP contribution in [0.25, 0.3) is 0 Å². The van der Waals surface area contributed by atoms with Crippen LogP contribution in [0.1, 0.15) is 19.8 Å². The van der Waals surface area contributed by atoms with Crippen LogP contribution in [0.15, 0.2) is 18.5 Å². The average molecular weight is 207 g/mol. The molecule has 0 aliphatic heterocycles. The predicted molar refractivity (Wildman–Crippen MR) is 62.1 cm³/mol. The number of hydrogen-bond donors (Lipinski definition) is 1. The molecule has 1 heterocycles. The van der Waals surface area contributed by atoms with E-state index >= 15 is 0 Å². The number of nitrogens with zero attached hydrogens (tertiary/aromatic N) is 2. The minimum absolute atomic E-state index is 0.0357. The highest BCUT2D eigenvalue weighted by Gasteiger charge is 2.07. The van der Waals surface area contributed by atoms with Crippen molar-refractivity contribution in [2.24, 2.45) is 0 Å². The van der Waals surface area contributed by atoms with Crippen LogP contribution < -0.4 is 10.2 Å². The van der Waals surface area contributed by atoms with Gasteiger partial charge in [0.25, 0.3) is 0 Å². The molecule has 0 aliphatic rings. The van der Waals surface area contributed by atoms with Crippen LogP contribution in [0, 0.1) is 0 Å². The fourth-order valence-corrected chi connectivity index (χ4v) is 1.31. The Morgan fingerprint density at radius 1 is 1.53 bits per heavy atom. The smallest absolute Gasteiger partial charge is 0.224 e. The maximum Gasteiger partial charge on any atom is 0.224 e. The Hall–Kier alpha value is -1.58. The summed E-state index contributed by atoms with van der Waals surface area (Å²) in [6, 6.07) is 1.88. The lowest BCUT2D eigenvalue weighted by Crippen LogP contribution is -2.16. The average Bonchev–Trinajstić information content (AvgIpc) is 2.18. The topological polar surface area (TPSA) is 45.2 Å². The maximum absolute atomic E-state index is 11.4. The summed E-state index contributed by atoms with van der Waals surface area (Å²) in [6.45, 7) is 1.98. The molecule has 82 valence electrons. The van der Waals surface area contributed by atoms with Crippen LogP contribution in [0.2, 0.25) is 0 Å². The van der Waals surface area contributed by atoms with Crippen LogP contribution in [0.5, 0.6) is 0 Å². The van der Waals surface area contributed by atoms with Gasteiger partial charge in [0.1, 0.15) is 0 Å². The first-order valence-corrected chi connectivity index (χ1v) is 5.06. The Labute approximate surface area is 90.3 Å². The highest BCUT2D eigenvalue weighted by atomic mass is 16.1. The van der Waals surface area contributed by atoms with E-state index in [2.05, 4.69) is 10.3 Å². The van der Waals surface area contributed by atoms with E-state index in [1.807, 2.05) is 32.0 Å². The fraction of sp³-hybridized carbons (Fsp3) is 0.455. The molecule has 1 amide bonds. The lowest BCUT2D eigenvalue weighted by Gasteiger charge is -2.16. The van der Waals surface area contributed by atoms with E-state index in [-0.39, 0.29) is 5.91 Å². The van der Waals surface area contributed by atoms with Crippen molar-refractivity contribution >= 4 is 17.3 Å². The van der Waals surface area contributed by atoms with Gasteiger partial charge in [0, 0.05) is 26.7 Å². The van der Waals surface area contributed by atoms with Gasteiger partial charge in [0.2, 0.25) is 5.91 Å². The summed E-state index contributed by atoms with van der Waals surface area (Å²) in [5, 5.41) is 2.85. The lowest BCUT2D eigenvalue weighted by molar-refractivity contribution is -0.116. The number of anilines is 2. The molecule has 0 fully saturated rings. The van der Waals surface area contributed by atoms with Crippen LogP contribution in [0.4, 0.5) is 11.4 Å². The largest absolute Gasteiger partial charge is 0.376 e. The van der Waals surface area contributed by atoms with Gasteiger partial charge in [0.15, 0.2) is 0 Å². The number of amides is 1. The van der Waals surface area contributed by atoms with Crippen molar-refractivity contribution < 1.29 is 4.79 Å². The van der Waals surface area contributed by atoms with Crippen molar-refractivity contribution in [2.75, 3.05) is 24.3 Å². The minimum Gasteiger partial charge on any atom is -0.376 e. The molecule has 1 N–H and O–H groups in total. The fourth-order valence-electron chi connectivity index (χ4n) is 1.31. The zero-order chi connectivity index (χ0) is 11.3. The minimum atomic E-state index is 0.0357. The van der Waals surface area contributed by atoms with Gasteiger partial charge in [-0.2, -0.15) is 0 Å². The Morgan fingerprint density at radius 3 is 2.87 bits per heavy atom. The van der Waals surface area contributed by atoms with E-state index in [1.165, 1.54) is 0 Å². The number of carbonyl (C=O) groups excluding carboxylic acids is 1. The number of hydrogen-bond acceptors (Lipinski definition) is 3. The van der Waals surface area contributed by atoms with Gasteiger partial charge in [-0.15, -0.1) is 0 Å². The molecule has 0 atom stereocenters. The number of nitrogens with one attached hydrogen (secondary N) is 1. The molecular weight excluding hydrogens is 190 g/mol. The second kappa shape index (κ2) is 5.34. The zero-order valence-corrected chi connectivity index (χ0v) is 9.45. The summed E-state index contributed by atoms with van der Waals surface area (Å²) in [6.07, 6.45) is 4.78. The molecule has 1 aromatic rings. The first kappa shape index (κ1) is 11.5. The summed E-state index contributed by atoms with van der Waals surface area (Å²) in [5.74, 6) is 0.0357. The van der Waals surface area contributed by atoms with Crippen LogP contribution in [0.3, 0.4) is 0 Å². The monoisotopic (exact) mass is 207 g/mol. The molecule has 4 heteroatoms. The molecular formula is C11H17N3O. The molecule has 0 spiro atoms. The second-order valence-electron chi connectivity index (χ2n) is 3.59. The first-order chi connectivity index (χ1) is 7.15. The van der Waals surface area contributed by atoms with Crippen molar-refractivity contribution in [1.82, 2.24) is 4.98 Å². The van der Waals surface area contributed by atoms with Crippen molar-refractivity contribution in [3.63, 3.8) is 0 Å². The van der Waals surface area contributed by atoms with Gasteiger partial charge in [-0.25, -0.2) is 0 Å². The third kappa shape index (κ3) is 3.23. The van der Waals surface area contributed by atoms with Gasteiger partial charge in [-0.1, -0.05) is 6.92 Å². The standard InChI is InChI=1S/C11H17N3O/c1-4-5-11(15)13-9-8-12-7-6-10(9)14(2)3/h6-8H,4-5H2,1-3H3,(H,13,15). The predicted octanol–water partition coefficient (Wildman–Crippen LogP) is 1.89. The van der Waals surface area contributed by atoms with Crippen molar-refractivity contribution in [3.8, 4) is 0 Å². The van der Waals surface area contributed by atoms with E-state index in [0.29, 0.717) is 6.42 Å². The SMILES string of the molecule is CCCC(=O)Nc1cnccc1N(C)C. The van der Waals surface area contributed by atoms with E-state index in [4.69, 9.17) is 0 Å². The number of carbonyl (C=O) groups is 1. The molecule has 0 unspecified atom stereocenters. The molecule has 0 radical (unpaired) electrons.